The molecule has 2 aromatic heterocycles. The van der Waals surface area contributed by atoms with E-state index in [1.54, 1.807) is 30.3 Å². The predicted molar refractivity (Wildman–Crippen MR) is 82.4 cm³/mol. The molecular formula is C14H8BrClN2O3. The van der Waals surface area contributed by atoms with Gasteiger partial charge in [-0.05, 0) is 41.4 Å². The van der Waals surface area contributed by atoms with Crippen LogP contribution in [0.1, 0.15) is 0 Å². The molecule has 0 atom stereocenters. The van der Waals surface area contributed by atoms with Gasteiger partial charge in [-0.1, -0.05) is 28.1 Å². The molecule has 0 fully saturated rings. The maximum absolute atomic E-state index is 12.2. The van der Waals surface area contributed by atoms with E-state index in [1.165, 1.54) is 6.07 Å². The Hall–Kier alpha value is -2.05. The number of furan rings is 1. The number of nitrogens with one attached hydrogen (secondary N) is 1. The maximum Gasteiger partial charge on any atom is 0.263 e. The van der Waals surface area contributed by atoms with Crippen molar-refractivity contribution in [3.8, 4) is 28.6 Å². The monoisotopic (exact) mass is 366 g/mol. The summed E-state index contributed by atoms with van der Waals surface area (Å²) in [5, 5.41) is 10.2. The number of aromatic nitrogens is 2. The van der Waals surface area contributed by atoms with Gasteiger partial charge in [-0.25, -0.2) is 0 Å². The summed E-state index contributed by atoms with van der Waals surface area (Å²) >= 11 is 8.99. The Morgan fingerprint density at radius 1 is 1.19 bits per heavy atom. The van der Waals surface area contributed by atoms with Crippen molar-refractivity contribution in [1.82, 2.24) is 9.97 Å². The van der Waals surface area contributed by atoms with Crippen molar-refractivity contribution in [3.63, 3.8) is 0 Å². The highest BCUT2D eigenvalue weighted by atomic mass is 79.9. The SMILES string of the molecule is O=c1[nH]c(-c2ccc(Cl)o2)nc(O)c1-c1ccc(Br)cc1. The van der Waals surface area contributed by atoms with Crippen molar-refractivity contribution in [2.45, 2.75) is 0 Å². The lowest BCUT2D eigenvalue weighted by atomic mass is 10.1. The fraction of sp³-hybridized carbons (Fsp3) is 0. The van der Waals surface area contributed by atoms with Crippen molar-refractivity contribution >= 4 is 27.5 Å². The molecule has 0 saturated carbocycles. The Bertz CT molecular complexity index is 855. The van der Waals surface area contributed by atoms with Crippen LogP contribution in [0.5, 0.6) is 5.88 Å². The minimum atomic E-state index is -0.465. The summed E-state index contributed by atoms with van der Waals surface area (Å²) in [5.74, 6) is 0.0172. The normalized spacial score (nSPS) is 10.8. The second-order valence-corrected chi connectivity index (χ2v) is 5.51. The molecule has 0 unspecified atom stereocenters. The highest BCUT2D eigenvalue weighted by molar-refractivity contribution is 9.10. The lowest BCUT2D eigenvalue weighted by Gasteiger charge is -2.05. The molecule has 0 bridgehead atoms. The summed E-state index contributed by atoms with van der Waals surface area (Å²) in [7, 11) is 0. The van der Waals surface area contributed by atoms with Crippen LogP contribution >= 0.6 is 27.5 Å². The van der Waals surface area contributed by atoms with E-state index < -0.39 is 5.56 Å². The number of nitrogens with zero attached hydrogens (tertiary/aromatic N) is 1. The van der Waals surface area contributed by atoms with Crippen LogP contribution in [-0.2, 0) is 0 Å². The maximum atomic E-state index is 12.2. The van der Waals surface area contributed by atoms with Crippen LogP contribution in [0.15, 0.2) is 50.1 Å². The molecule has 0 aliphatic carbocycles. The third kappa shape index (κ3) is 2.72. The van der Waals surface area contributed by atoms with E-state index >= 15 is 0 Å². The van der Waals surface area contributed by atoms with Gasteiger partial charge in [-0.3, -0.25) is 4.79 Å². The average Bonchev–Trinajstić information content (AvgIpc) is 2.87. The van der Waals surface area contributed by atoms with Gasteiger partial charge in [0.15, 0.2) is 16.8 Å². The zero-order valence-electron chi connectivity index (χ0n) is 10.4. The number of H-pyrrole nitrogens is 1. The number of rotatable bonds is 2. The van der Waals surface area contributed by atoms with E-state index in [4.69, 9.17) is 16.0 Å². The van der Waals surface area contributed by atoms with Crippen LogP contribution in [-0.4, -0.2) is 15.1 Å². The highest BCUT2D eigenvalue weighted by Gasteiger charge is 2.15. The Balaban J connectivity index is 2.12. The van der Waals surface area contributed by atoms with Gasteiger partial charge in [0.25, 0.3) is 5.56 Å². The van der Waals surface area contributed by atoms with Gasteiger partial charge in [0, 0.05) is 4.47 Å². The molecular weight excluding hydrogens is 360 g/mol. The van der Waals surface area contributed by atoms with Crippen LogP contribution in [0.4, 0.5) is 0 Å². The molecule has 0 saturated heterocycles. The van der Waals surface area contributed by atoms with E-state index in [0.29, 0.717) is 5.56 Å². The first-order chi connectivity index (χ1) is 10.0. The van der Waals surface area contributed by atoms with E-state index in [1.807, 2.05) is 0 Å². The largest absolute Gasteiger partial charge is 0.493 e. The summed E-state index contributed by atoms with van der Waals surface area (Å²) in [4.78, 5) is 18.7. The Kier molecular flexibility index (Phi) is 3.57. The number of aromatic amines is 1. The molecule has 0 amide bonds. The molecule has 3 rings (SSSR count). The first-order valence-corrected chi connectivity index (χ1v) is 7.06. The van der Waals surface area contributed by atoms with Gasteiger partial charge >= 0.3 is 0 Å². The Labute approximate surface area is 132 Å². The second kappa shape index (κ2) is 5.38. The molecule has 7 heteroatoms. The average molecular weight is 368 g/mol. The topological polar surface area (TPSA) is 79.1 Å². The fourth-order valence-electron chi connectivity index (χ4n) is 1.90. The molecule has 2 heterocycles. The molecule has 106 valence electrons. The van der Waals surface area contributed by atoms with E-state index in [9.17, 15) is 9.90 Å². The predicted octanol–water partition coefficient (Wildman–Crippen LogP) is 3.82. The van der Waals surface area contributed by atoms with E-state index in [2.05, 4.69) is 25.9 Å². The minimum Gasteiger partial charge on any atom is -0.493 e. The zero-order valence-corrected chi connectivity index (χ0v) is 12.8. The third-order valence-corrected chi connectivity index (χ3v) is 3.57. The van der Waals surface area contributed by atoms with Crippen molar-refractivity contribution in [3.05, 3.63) is 56.4 Å². The minimum absolute atomic E-state index is 0.101. The lowest BCUT2D eigenvalue weighted by molar-refractivity contribution is 0.452. The number of hydrogen-bond donors (Lipinski definition) is 2. The number of benzene rings is 1. The molecule has 2 N–H and O–H groups in total. The van der Waals surface area contributed by atoms with Gasteiger partial charge in [0.2, 0.25) is 5.88 Å². The van der Waals surface area contributed by atoms with Crippen LogP contribution in [0.25, 0.3) is 22.7 Å². The second-order valence-electron chi connectivity index (χ2n) is 4.22. The quantitative estimate of drug-likeness (QED) is 0.722. The molecule has 5 nitrogen and oxygen atoms in total. The summed E-state index contributed by atoms with van der Waals surface area (Å²) in [6.07, 6.45) is 0. The number of hydrogen-bond acceptors (Lipinski definition) is 4. The molecule has 0 radical (unpaired) electrons. The van der Waals surface area contributed by atoms with Gasteiger partial charge in [-0.2, -0.15) is 4.98 Å². The molecule has 3 aromatic rings. The Morgan fingerprint density at radius 2 is 1.90 bits per heavy atom. The third-order valence-electron chi connectivity index (χ3n) is 2.84. The summed E-state index contributed by atoms with van der Waals surface area (Å²) in [6, 6.07) is 10.0. The Morgan fingerprint density at radius 3 is 2.48 bits per heavy atom. The van der Waals surface area contributed by atoms with Gasteiger partial charge in [0.1, 0.15) is 5.56 Å². The van der Waals surface area contributed by atoms with Crippen molar-refractivity contribution in [2.24, 2.45) is 0 Å². The van der Waals surface area contributed by atoms with Crippen LogP contribution in [0.2, 0.25) is 5.22 Å². The van der Waals surface area contributed by atoms with E-state index in [0.717, 1.165) is 4.47 Å². The van der Waals surface area contributed by atoms with Crippen LogP contribution in [0.3, 0.4) is 0 Å². The molecule has 0 aliphatic heterocycles. The smallest absolute Gasteiger partial charge is 0.263 e. The van der Waals surface area contributed by atoms with Gasteiger partial charge < -0.3 is 14.5 Å². The first-order valence-electron chi connectivity index (χ1n) is 5.89. The van der Waals surface area contributed by atoms with Crippen LogP contribution in [0, 0.1) is 0 Å². The van der Waals surface area contributed by atoms with Crippen molar-refractivity contribution < 1.29 is 9.52 Å². The summed E-state index contributed by atoms with van der Waals surface area (Å²) < 4.78 is 6.03. The fourth-order valence-corrected chi connectivity index (χ4v) is 2.31. The number of halogens is 2. The van der Waals surface area contributed by atoms with Gasteiger partial charge in [0.05, 0.1) is 0 Å². The van der Waals surface area contributed by atoms with Crippen LogP contribution < -0.4 is 5.56 Å². The summed E-state index contributed by atoms with van der Waals surface area (Å²) in [5.41, 5.74) is 0.199. The molecule has 21 heavy (non-hydrogen) atoms. The summed E-state index contributed by atoms with van der Waals surface area (Å²) in [6.45, 7) is 0. The first kappa shape index (κ1) is 13.9. The number of aromatic hydroxyl groups is 1. The lowest BCUT2D eigenvalue weighted by Crippen LogP contribution is -2.11. The zero-order chi connectivity index (χ0) is 15.0. The van der Waals surface area contributed by atoms with Gasteiger partial charge in [-0.15, -0.1) is 0 Å². The highest BCUT2D eigenvalue weighted by Crippen LogP contribution is 2.28. The van der Waals surface area contributed by atoms with E-state index in [-0.39, 0.29) is 28.2 Å². The molecule has 0 aliphatic rings. The standard InChI is InChI=1S/C14H8BrClN2O3/c15-8-3-1-7(2-4-8)11-13(19)17-12(18-14(11)20)9-5-6-10(16)21-9/h1-6H,(H2,17,18,19,20). The molecule has 0 spiro atoms. The molecule has 1 aromatic carbocycles. The van der Waals surface area contributed by atoms with Crippen molar-refractivity contribution in [1.29, 1.82) is 0 Å². The van der Waals surface area contributed by atoms with Crippen molar-refractivity contribution in [2.75, 3.05) is 0 Å².